The summed E-state index contributed by atoms with van der Waals surface area (Å²) in [4.78, 5) is 71.0. The minimum atomic E-state index is -0.403. The lowest BCUT2D eigenvalue weighted by atomic mass is 9.86. The number of esters is 4. The first-order chi connectivity index (χ1) is 42.5. The molecule has 0 spiro atoms. The van der Waals surface area contributed by atoms with Crippen molar-refractivity contribution in [2.45, 2.75) is 324 Å². The average Bonchev–Trinajstić information content (AvgIpc) is 3.65. The Morgan fingerprint density at radius 1 is 0.425 bits per heavy atom. The van der Waals surface area contributed by atoms with Crippen molar-refractivity contribution in [3.8, 4) is 0 Å². The summed E-state index contributed by atoms with van der Waals surface area (Å²) >= 11 is 0. The Bertz CT molecular complexity index is 1430. The van der Waals surface area contributed by atoms with E-state index in [1.807, 2.05) is 6.79 Å². The quantitative estimate of drug-likeness (QED) is 0.0263. The molecule has 4 fully saturated rings. The maximum Gasteiger partial charge on any atom is 0.308 e. The largest absolute Gasteiger partial charge is 0.467 e. The predicted molar refractivity (Wildman–Crippen MR) is 357 cm³/mol. The van der Waals surface area contributed by atoms with Crippen LogP contribution in [0.15, 0.2) is 0 Å². The van der Waals surface area contributed by atoms with Crippen molar-refractivity contribution in [3.05, 3.63) is 0 Å². The second-order valence-corrected chi connectivity index (χ2v) is 25.5. The minimum Gasteiger partial charge on any atom is -0.467 e. The van der Waals surface area contributed by atoms with E-state index < -0.39 is 5.92 Å². The van der Waals surface area contributed by atoms with Gasteiger partial charge in [0.15, 0.2) is 0 Å². The summed E-state index contributed by atoms with van der Waals surface area (Å²) in [6, 6.07) is 0. The number of hydrogen-bond donors (Lipinski definition) is 1. The summed E-state index contributed by atoms with van der Waals surface area (Å²) in [7, 11) is 1.54. The molecule has 14 nitrogen and oxygen atoms in total. The second kappa shape index (κ2) is 67.3. The predicted octanol–water partition coefficient (Wildman–Crippen LogP) is 18.1. The number of methoxy groups -OCH3 is 1. The second-order valence-electron chi connectivity index (χ2n) is 25.5. The van der Waals surface area contributed by atoms with E-state index in [-0.39, 0.29) is 87.7 Å². The molecular formula is C73H139NO13. The first-order valence-corrected chi connectivity index (χ1v) is 36.4. The molecule has 0 aromatic carbocycles. The van der Waals surface area contributed by atoms with Gasteiger partial charge in [-0.15, -0.1) is 0 Å². The number of unbranched alkanes of at least 4 members (excludes halogenated alkanes) is 13. The zero-order valence-corrected chi connectivity index (χ0v) is 57.7. The van der Waals surface area contributed by atoms with E-state index in [4.69, 9.17) is 33.2 Å². The van der Waals surface area contributed by atoms with Crippen LogP contribution in [0.4, 0.5) is 0 Å². The van der Waals surface area contributed by atoms with Crippen molar-refractivity contribution in [2.75, 3.05) is 73.0 Å². The topological polar surface area (TPSA) is 181 Å². The number of aliphatic hydroxyl groups is 1. The lowest BCUT2D eigenvalue weighted by Gasteiger charge is -2.24. The Balaban J connectivity index is 0. The third-order valence-electron chi connectivity index (χ3n) is 17.5. The molecule has 0 saturated heterocycles. The SMILES string of the molecule is C=O.CCCCC.CCCCC.CCCCCC1CCCCC1.CCCCCC1CCCCC1.COCC(COC=O)COC(=O)CCCCCN(CCCCO)CCCCCC(=O)OCC(COC(=O)C1CCCCC1)COC(=O)C1CCCCC1. The normalized spacial score (nSPS) is 15.9. The Morgan fingerprint density at radius 2 is 0.770 bits per heavy atom. The fourth-order valence-electron chi connectivity index (χ4n) is 11.9. The molecule has 0 aromatic rings. The minimum absolute atomic E-state index is 0.0375. The monoisotopic (exact) mass is 1240 g/mol. The Kier molecular flexibility index (Phi) is 66.5. The van der Waals surface area contributed by atoms with Crippen molar-refractivity contribution < 1.29 is 62.3 Å². The van der Waals surface area contributed by atoms with Gasteiger partial charge in [0.1, 0.15) is 26.6 Å². The molecule has 0 aromatic heterocycles. The van der Waals surface area contributed by atoms with Gasteiger partial charge in [-0.05, 0) is 95.7 Å². The van der Waals surface area contributed by atoms with E-state index in [0.29, 0.717) is 25.9 Å². The number of carbonyl (C=O) groups is 6. The first kappa shape index (κ1) is 86.0. The van der Waals surface area contributed by atoms with Crippen LogP contribution in [-0.2, 0) is 57.2 Å². The molecule has 4 aliphatic carbocycles. The van der Waals surface area contributed by atoms with Gasteiger partial charge >= 0.3 is 23.9 Å². The van der Waals surface area contributed by atoms with Gasteiger partial charge in [-0.3, -0.25) is 24.0 Å². The van der Waals surface area contributed by atoms with Crippen molar-refractivity contribution in [3.63, 3.8) is 0 Å². The lowest BCUT2D eigenvalue weighted by molar-refractivity contribution is -0.158. The lowest BCUT2D eigenvalue weighted by Crippen LogP contribution is -2.30. The molecule has 0 radical (unpaired) electrons. The van der Waals surface area contributed by atoms with E-state index >= 15 is 0 Å². The molecule has 4 saturated carbocycles. The number of carbonyl (C=O) groups excluding carboxylic acids is 6. The van der Waals surface area contributed by atoms with Crippen LogP contribution in [-0.4, -0.2) is 120 Å². The summed E-state index contributed by atoms with van der Waals surface area (Å²) in [5.41, 5.74) is 0. The van der Waals surface area contributed by atoms with E-state index in [9.17, 15) is 29.1 Å². The van der Waals surface area contributed by atoms with E-state index in [0.717, 1.165) is 141 Å². The molecule has 1 atom stereocenters. The van der Waals surface area contributed by atoms with Gasteiger partial charge in [-0.25, -0.2) is 0 Å². The van der Waals surface area contributed by atoms with Crippen molar-refractivity contribution in [1.29, 1.82) is 0 Å². The van der Waals surface area contributed by atoms with Gasteiger partial charge < -0.3 is 43.2 Å². The summed E-state index contributed by atoms with van der Waals surface area (Å²) in [5, 5.41) is 9.24. The van der Waals surface area contributed by atoms with Gasteiger partial charge in [-0.1, -0.05) is 247 Å². The van der Waals surface area contributed by atoms with Crippen LogP contribution < -0.4 is 0 Å². The molecule has 87 heavy (non-hydrogen) atoms. The standard InChI is InChI=1S/C40H69NO12.2C11H22.2C5H12.CH2O/c1-48-26-33(27-49-32-43)28-50-37(44)20-10-4-12-22-41(24-14-15-25-42)23-13-5-11-21-38(45)51-29-34(30-52-39(46)35-16-6-2-7-17-35)31-53-40(47)36-18-8-3-9-19-36;2*1-2-3-5-8-11-9-6-4-7-10-11;2*1-3-5-4-2;1-2/h32-36,42H,2-31H2,1H3;2*11H,2-10H2,1H3;2*3-5H2,1-2H3;1H2. The maximum atomic E-state index is 12.7. The molecule has 0 aliphatic heterocycles. The van der Waals surface area contributed by atoms with Crippen LogP contribution in [0.25, 0.3) is 0 Å². The Morgan fingerprint density at radius 3 is 1.10 bits per heavy atom. The molecule has 0 heterocycles. The molecule has 1 N–H and O–H groups in total. The third-order valence-corrected chi connectivity index (χ3v) is 17.5. The summed E-state index contributed by atoms with van der Waals surface area (Å²) < 4.78 is 32.0. The van der Waals surface area contributed by atoms with Crippen molar-refractivity contribution >= 4 is 37.1 Å². The number of ether oxygens (including phenoxy) is 6. The van der Waals surface area contributed by atoms with Crippen LogP contribution in [0.2, 0.25) is 0 Å². The Hall–Kier alpha value is -3.10. The number of aliphatic hydroxyl groups excluding tert-OH is 1. The van der Waals surface area contributed by atoms with Crippen molar-refractivity contribution in [1.82, 2.24) is 4.90 Å². The van der Waals surface area contributed by atoms with E-state index in [2.05, 4.69) is 46.4 Å². The van der Waals surface area contributed by atoms with Gasteiger partial charge in [0, 0.05) is 26.6 Å². The summed E-state index contributed by atoms with van der Waals surface area (Å²) in [6.07, 6.45) is 52.1. The molecule has 4 rings (SSSR count). The fourth-order valence-corrected chi connectivity index (χ4v) is 11.9. The van der Waals surface area contributed by atoms with Crippen LogP contribution in [0.5, 0.6) is 0 Å². The third kappa shape index (κ3) is 55.5. The van der Waals surface area contributed by atoms with Gasteiger partial charge in [0.25, 0.3) is 6.47 Å². The maximum absolute atomic E-state index is 12.7. The average molecular weight is 1240 g/mol. The first-order valence-electron chi connectivity index (χ1n) is 36.4. The Labute approximate surface area is 534 Å². The van der Waals surface area contributed by atoms with Crippen LogP contribution in [0.1, 0.15) is 324 Å². The highest BCUT2D eigenvalue weighted by Gasteiger charge is 2.27. The smallest absolute Gasteiger partial charge is 0.308 e. The highest BCUT2D eigenvalue weighted by Crippen LogP contribution is 2.30. The van der Waals surface area contributed by atoms with Crippen LogP contribution in [0.3, 0.4) is 0 Å². The molecule has 0 bridgehead atoms. The molecule has 1 unspecified atom stereocenters. The summed E-state index contributed by atoms with van der Waals surface area (Å²) in [6.45, 7) is 19.4. The van der Waals surface area contributed by atoms with Crippen molar-refractivity contribution in [2.24, 2.45) is 35.5 Å². The van der Waals surface area contributed by atoms with Gasteiger partial charge in [0.05, 0.1) is 43.5 Å². The number of hydrogen-bond acceptors (Lipinski definition) is 14. The number of nitrogens with zero attached hydrogens (tertiary/aromatic N) is 1. The molecule has 0 amide bonds. The molecule has 14 heteroatoms. The zero-order valence-electron chi connectivity index (χ0n) is 57.7. The van der Waals surface area contributed by atoms with Crippen LogP contribution >= 0.6 is 0 Å². The van der Waals surface area contributed by atoms with E-state index in [1.54, 1.807) is 7.11 Å². The van der Waals surface area contributed by atoms with E-state index in [1.165, 1.54) is 154 Å². The highest BCUT2D eigenvalue weighted by molar-refractivity contribution is 5.73. The highest BCUT2D eigenvalue weighted by atomic mass is 16.6. The summed E-state index contributed by atoms with van der Waals surface area (Å²) in [5.74, 6) is 0.445. The zero-order chi connectivity index (χ0) is 64.5. The van der Waals surface area contributed by atoms with Gasteiger partial charge in [-0.2, -0.15) is 0 Å². The number of rotatable bonds is 43. The fraction of sp³-hybridized carbons (Fsp3) is 0.918. The molecular weight excluding hydrogens is 1100 g/mol. The molecule has 4 aliphatic rings. The molecule has 514 valence electrons. The van der Waals surface area contributed by atoms with Gasteiger partial charge in [0.2, 0.25) is 0 Å². The van der Waals surface area contributed by atoms with Crippen LogP contribution in [0, 0.1) is 35.5 Å².